The maximum Gasteiger partial charge on any atom is 0.232 e. The van der Waals surface area contributed by atoms with Gasteiger partial charge in [0.25, 0.3) is 0 Å². The van der Waals surface area contributed by atoms with Crippen LogP contribution in [0.5, 0.6) is 0 Å². The Morgan fingerprint density at radius 2 is 2.07 bits per heavy atom. The first kappa shape index (κ1) is 10.8. The van der Waals surface area contributed by atoms with Crippen molar-refractivity contribution in [1.82, 2.24) is 0 Å². The number of benzene rings is 1. The Balaban J connectivity index is 3.14. The molecule has 4 nitrogen and oxygen atoms in total. The topological polar surface area (TPSA) is 63.4 Å². The van der Waals surface area contributed by atoms with Gasteiger partial charge in [-0.15, -0.1) is 0 Å². The summed E-state index contributed by atoms with van der Waals surface area (Å²) >= 11 is 0. The maximum absolute atomic E-state index is 11.4. The van der Waals surface area contributed by atoms with E-state index >= 15 is 0 Å². The van der Waals surface area contributed by atoms with Crippen LogP contribution in [0, 0.1) is 0 Å². The highest BCUT2D eigenvalue weighted by Crippen LogP contribution is 2.19. The third kappa shape index (κ3) is 2.38. The molecule has 14 heavy (non-hydrogen) atoms. The summed E-state index contributed by atoms with van der Waals surface area (Å²) < 4.78 is 24.0. The van der Waals surface area contributed by atoms with Crippen LogP contribution in [-0.2, 0) is 10.0 Å². The average molecular weight is 214 g/mol. The molecule has 2 N–H and O–H groups in total. The lowest BCUT2D eigenvalue weighted by Crippen LogP contribution is -2.29. The van der Waals surface area contributed by atoms with Gasteiger partial charge in [0.2, 0.25) is 10.0 Å². The van der Waals surface area contributed by atoms with Gasteiger partial charge in [0, 0.05) is 12.2 Å². The van der Waals surface area contributed by atoms with E-state index in [-0.39, 0.29) is 0 Å². The number of nitrogen functional groups attached to an aromatic ring is 1. The number of nitrogens with zero attached hydrogens (tertiary/aromatic N) is 1. The number of hydrogen-bond donors (Lipinski definition) is 1. The highest BCUT2D eigenvalue weighted by Gasteiger charge is 2.14. The number of nitrogens with two attached hydrogens (primary N) is 1. The fraction of sp³-hybridized carbons (Fsp3) is 0.333. The molecule has 0 radical (unpaired) electrons. The van der Waals surface area contributed by atoms with Gasteiger partial charge in [-0.05, 0) is 25.1 Å². The van der Waals surface area contributed by atoms with Crippen LogP contribution < -0.4 is 10.0 Å². The molecule has 0 fully saturated rings. The molecule has 0 spiro atoms. The van der Waals surface area contributed by atoms with Crippen molar-refractivity contribution in [3.05, 3.63) is 24.3 Å². The zero-order valence-electron chi connectivity index (χ0n) is 8.27. The number of rotatable bonds is 3. The van der Waals surface area contributed by atoms with Crippen LogP contribution >= 0.6 is 0 Å². The quantitative estimate of drug-likeness (QED) is 0.765. The lowest BCUT2D eigenvalue weighted by Gasteiger charge is -2.20. The van der Waals surface area contributed by atoms with Crippen LogP contribution in [0.2, 0.25) is 0 Å². The summed E-state index contributed by atoms with van der Waals surface area (Å²) in [5.74, 6) is 0. The van der Waals surface area contributed by atoms with Crippen molar-refractivity contribution < 1.29 is 8.42 Å². The molecule has 0 aliphatic rings. The van der Waals surface area contributed by atoms with Gasteiger partial charge in [-0.2, -0.15) is 0 Å². The molecule has 0 heterocycles. The van der Waals surface area contributed by atoms with Gasteiger partial charge >= 0.3 is 0 Å². The Labute approximate surface area is 84.4 Å². The summed E-state index contributed by atoms with van der Waals surface area (Å²) in [5.41, 5.74) is 6.74. The molecular formula is C9H14N2O2S. The number of hydrogen-bond acceptors (Lipinski definition) is 3. The minimum atomic E-state index is -3.21. The van der Waals surface area contributed by atoms with Gasteiger partial charge in [0.05, 0.1) is 11.9 Å². The van der Waals surface area contributed by atoms with Crippen LogP contribution in [0.3, 0.4) is 0 Å². The monoisotopic (exact) mass is 214 g/mol. The van der Waals surface area contributed by atoms with Crippen molar-refractivity contribution in [1.29, 1.82) is 0 Å². The van der Waals surface area contributed by atoms with E-state index in [0.29, 0.717) is 17.9 Å². The smallest absolute Gasteiger partial charge is 0.232 e. The van der Waals surface area contributed by atoms with Gasteiger partial charge in [-0.3, -0.25) is 4.31 Å². The maximum atomic E-state index is 11.4. The van der Waals surface area contributed by atoms with Crippen LogP contribution in [0.1, 0.15) is 6.92 Å². The molecule has 0 aliphatic carbocycles. The summed E-state index contributed by atoms with van der Waals surface area (Å²) in [7, 11) is -3.21. The van der Waals surface area contributed by atoms with E-state index in [1.165, 1.54) is 10.6 Å². The highest BCUT2D eigenvalue weighted by atomic mass is 32.2. The average Bonchev–Trinajstić information content (AvgIpc) is 2.02. The van der Waals surface area contributed by atoms with E-state index in [1.54, 1.807) is 31.2 Å². The second kappa shape index (κ2) is 3.88. The molecular weight excluding hydrogens is 200 g/mol. The molecule has 78 valence electrons. The molecule has 1 rings (SSSR count). The Morgan fingerprint density at radius 1 is 1.43 bits per heavy atom. The van der Waals surface area contributed by atoms with E-state index in [0.717, 1.165) is 0 Å². The molecule has 0 aromatic heterocycles. The Morgan fingerprint density at radius 3 is 2.50 bits per heavy atom. The number of sulfonamides is 1. The van der Waals surface area contributed by atoms with E-state index in [9.17, 15) is 8.42 Å². The van der Waals surface area contributed by atoms with E-state index in [1.807, 2.05) is 0 Å². The van der Waals surface area contributed by atoms with Gasteiger partial charge in [-0.25, -0.2) is 8.42 Å². The molecule has 0 atom stereocenters. The van der Waals surface area contributed by atoms with Crippen LogP contribution in [0.25, 0.3) is 0 Å². The predicted octanol–water partition coefficient (Wildman–Crippen LogP) is 1.05. The van der Waals surface area contributed by atoms with Gasteiger partial charge in [-0.1, -0.05) is 6.07 Å². The lowest BCUT2D eigenvalue weighted by atomic mass is 10.3. The fourth-order valence-electron chi connectivity index (χ4n) is 1.29. The molecule has 5 heteroatoms. The van der Waals surface area contributed by atoms with Crippen molar-refractivity contribution in [3.8, 4) is 0 Å². The number of anilines is 2. The van der Waals surface area contributed by atoms with E-state index in [2.05, 4.69) is 0 Å². The van der Waals surface area contributed by atoms with Crippen LogP contribution in [-0.4, -0.2) is 21.2 Å². The van der Waals surface area contributed by atoms with Gasteiger partial charge < -0.3 is 5.73 Å². The second-order valence-corrected chi connectivity index (χ2v) is 4.93. The largest absolute Gasteiger partial charge is 0.399 e. The summed E-state index contributed by atoms with van der Waals surface area (Å²) in [5, 5.41) is 0. The van der Waals surface area contributed by atoms with E-state index in [4.69, 9.17) is 5.73 Å². The van der Waals surface area contributed by atoms with Crippen LogP contribution in [0.4, 0.5) is 11.4 Å². The molecule has 0 saturated heterocycles. The third-order valence-corrected chi connectivity index (χ3v) is 3.12. The molecule has 1 aromatic rings. The summed E-state index contributed by atoms with van der Waals surface area (Å²) in [6.45, 7) is 2.19. The standard InChI is InChI=1S/C9H14N2O2S/c1-3-11(14(2,12)13)9-6-4-5-8(10)7-9/h4-7H,3,10H2,1-2H3. The highest BCUT2D eigenvalue weighted by molar-refractivity contribution is 7.92. The zero-order valence-corrected chi connectivity index (χ0v) is 9.08. The molecule has 0 bridgehead atoms. The van der Waals surface area contributed by atoms with Gasteiger partial charge in [0.15, 0.2) is 0 Å². The Hall–Kier alpha value is -1.23. The molecule has 0 unspecified atom stereocenters. The zero-order chi connectivity index (χ0) is 10.8. The Bertz CT molecular complexity index is 415. The second-order valence-electron chi connectivity index (χ2n) is 3.02. The summed E-state index contributed by atoms with van der Waals surface area (Å²) in [4.78, 5) is 0. The van der Waals surface area contributed by atoms with Crippen molar-refractivity contribution in [2.45, 2.75) is 6.92 Å². The van der Waals surface area contributed by atoms with Crippen molar-refractivity contribution >= 4 is 21.4 Å². The van der Waals surface area contributed by atoms with E-state index < -0.39 is 10.0 Å². The minimum absolute atomic E-state index is 0.405. The van der Waals surface area contributed by atoms with Crippen molar-refractivity contribution in [2.75, 3.05) is 22.8 Å². The molecule has 0 aliphatic heterocycles. The van der Waals surface area contributed by atoms with Crippen molar-refractivity contribution in [2.24, 2.45) is 0 Å². The van der Waals surface area contributed by atoms with Gasteiger partial charge in [0.1, 0.15) is 0 Å². The third-order valence-electron chi connectivity index (χ3n) is 1.85. The molecule has 0 saturated carbocycles. The van der Waals surface area contributed by atoms with Crippen LogP contribution in [0.15, 0.2) is 24.3 Å². The first-order valence-corrected chi connectivity index (χ1v) is 6.13. The lowest BCUT2D eigenvalue weighted by molar-refractivity contribution is 0.598. The first-order chi connectivity index (χ1) is 6.45. The SMILES string of the molecule is CCN(c1cccc(N)c1)S(C)(=O)=O. The minimum Gasteiger partial charge on any atom is -0.399 e. The summed E-state index contributed by atoms with van der Waals surface area (Å²) in [6, 6.07) is 6.82. The fourth-order valence-corrected chi connectivity index (χ4v) is 2.25. The normalized spacial score (nSPS) is 11.3. The first-order valence-electron chi connectivity index (χ1n) is 4.28. The molecule has 1 aromatic carbocycles. The molecule has 0 amide bonds. The predicted molar refractivity (Wildman–Crippen MR) is 58.7 cm³/mol. The summed E-state index contributed by atoms with van der Waals surface area (Å²) in [6.07, 6.45) is 1.18. The Kier molecular flexibility index (Phi) is 3.00. The van der Waals surface area contributed by atoms with Crippen molar-refractivity contribution in [3.63, 3.8) is 0 Å².